The number of hydrogen-bond acceptors (Lipinski definition) is 5. The van der Waals surface area contributed by atoms with Gasteiger partial charge in [0.1, 0.15) is 0 Å². The Hall–Kier alpha value is -1.30. The fourth-order valence-corrected chi connectivity index (χ4v) is 2.83. The number of hydrazine groups is 1. The van der Waals surface area contributed by atoms with Crippen LogP contribution in [0.5, 0.6) is 0 Å². The van der Waals surface area contributed by atoms with E-state index in [-0.39, 0.29) is 6.04 Å². The molecule has 0 spiro atoms. The maximum absolute atomic E-state index is 5.71. The molecule has 1 aromatic carbocycles. The summed E-state index contributed by atoms with van der Waals surface area (Å²) in [5, 5.41) is 4.20. The lowest BCUT2D eigenvalue weighted by Crippen LogP contribution is -2.29. The van der Waals surface area contributed by atoms with Crippen LogP contribution in [-0.2, 0) is 12.8 Å². The minimum atomic E-state index is 0.0873. The standard InChI is InChI=1S/C14H20N4S/c1-3-4-12-14(19-18-17-12)13(16-15)9-11-7-5-10(2)6-8-11/h5-8,13,16H,3-4,9,15H2,1-2H3. The van der Waals surface area contributed by atoms with Crippen molar-refractivity contribution in [2.75, 3.05) is 0 Å². The zero-order valence-corrected chi connectivity index (χ0v) is 12.2. The highest BCUT2D eigenvalue weighted by atomic mass is 32.1. The van der Waals surface area contributed by atoms with Crippen molar-refractivity contribution in [3.63, 3.8) is 0 Å². The lowest BCUT2D eigenvalue weighted by molar-refractivity contribution is 0.554. The van der Waals surface area contributed by atoms with Gasteiger partial charge in [-0.2, -0.15) is 0 Å². The van der Waals surface area contributed by atoms with E-state index in [1.807, 2.05) is 0 Å². The Kier molecular flexibility index (Phi) is 5.01. The third kappa shape index (κ3) is 3.59. The monoisotopic (exact) mass is 276 g/mol. The fourth-order valence-electron chi connectivity index (χ4n) is 2.08. The highest BCUT2D eigenvalue weighted by Crippen LogP contribution is 2.24. The van der Waals surface area contributed by atoms with Crippen molar-refractivity contribution in [3.05, 3.63) is 46.0 Å². The predicted molar refractivity (Wildman–Crippen MR) is 78.9 cm³/mol. The van der Waals surface area contributed by atoms with Crippen molar-refractivity contribution >= 4 is 11.5 Å². The minimum absolute atomic E-state index is 0.0873. The summed E-state index contributed by atoms with van der Waals surface area (Å²) in [6, 6.07) is 8.63. The summed E-state index contributed by atoms with van der Waals surface area (Å²) in [6.45, 7) is 4.24. The molecule has 2 rings (SSSR count). The zero-order valence-electron chi connectivity index (χ0n) is 11.4. The van der Waals surface area contributed by atoms with E-state index in [4.69, 9.17) is 5.84 Å². The molecular weight excluding hydrogens is 256 g/mol. The summed E-state index contributed by atoms with van der Waals surface area (Å²) < 4.78 is 4.06. The molecule has 5 heteroatoms. The first-order chi connectivity index (χ1) is 9.24. The van der Waals surface area contributed by atoms with Crippen LogP contribution in [0.2, 0.25) is 0 Å². The number of nitrogens with one attached hydrogen (secondary N) is 1. The Balaban J connectivity index is 2.15. The van der Waals surface area contributed by atoms with Crippen LogP contribution in [0.4, 0.5) is 0 Å². The van der Waals surface area contributed by atoms with Crippen LogP contribution in [0.25, 0.3) is 0 Å². The Labute approximate surface area is 118 Å². The minimum Gasteiger partial charge on any atom is -0.271 e. The number of aryl methyl sites for hydroxylation is 2. The first kappa shape index (κ1) is 14.1. The smallest absolute Gasteiger partial charge is 0.0804 e. The summed E-state index contributed by atoms with van der Waals surface area (Å²) in [5.41, 5.74) is 6.51. The zero-order chi connectivity index (χ0) is 13.7. The first-order valence-corrected chi connectivity index (χ1v) is 7.34. The molecule has 0 radical (unpaired) electrons. The molecule has 0 saturated heterocycles. The number of nitrogens with zero attached hydrogens (tertiary/aromatic N) is 2. The Morgan fingerprint density at radius 1 is 1.32 bits per heavy atom. The number of nitrogens with two attached hydrogens (primary N) is 1. The number of rotatable bonds is 6. The van der Waals surface area contributed by atoms with Crippen LogP contribution in [0.1, 0.15) is 41.1 Å². The molecule has 1 atom stereocenters. The fraction of sp³-hybridized carbons (Fsp3) is 0.429. The average Bonchev–Trinajstić information content (AvgIpc) is 2.87. The van der Waals surface area contributed by atoms with Gasteiger partial charge in [0.15, 0.2) is 0 Å². The van der Waals surface area contributed by atoms with Crippen LogP contribution in [-0.4, -0.2) is 9.59 Å². The molecule has 1 heterocycles. The van der Waals surface area contributed by atoms with Crippen molar-refractivity contribution in [1.29, 1.82) is 0 Å². The van der Waals surface area contributed by atoms with Crippen LogP contribution in [0, 0.1) is 6.92 Å². The van der Waals surface area contributed by atoms with Crippen molar-refractivity contribution < 1.29 is 0 Å². The maximum Gasteiger partial charge on any atom is 0.0804 e. The second-order valence-corrected chi connectivity index (χ2v) is 5.53. The van der Waals surface area contributed by atoms with Crippen molar-refractivity contribution in [1.82, 2.24) is 15.0 Å². The average molecular weight is 276 g/mol. The molecule has 0 aliphatic rings. The van der Waals surface area contributed by atoms with E-state index in [2.05, 4.69) is 53.1 Å². The van der Waals surface area contributed by atoms with Gasteiger partial charge in [0, 0.05) is 0 Å². The second-order valence-electron chi connectivity index (χ2n) is 4.74. The molecule has 2 aromatic rings. The summed E-state index contributed by atoms with van der Waals surface area (Å²) >= 11 is 1.44. The third-order valence-electron chi connectivity index (χ3n) is 3.15. The molecule has 0 aliphatic heterocycles. The number of hydrogen-bond donors (Lipinski definition) is 2. The summed E-state index contributed by atoms with van der Waals surface area (Å²) in [7, 11) is 0. The number of aromatic nitrogens is 2. The summed E-state index contributed by atoms with van der Waals surface area (Å²) in [6.07, 6.45) is 2.88. The Morgan fingerprint density at radius 3 is 2.68 bits per heavy atom. The van der Waals surface area contributed by atoms with Crippen molar-refractivity contribution in [3.8, 4) is 0 Å². The molecule has 102 valence electrons. The van der Waals surface area contributed by atoms with Gasteiger partial charge in [-0.15, -0.1) is 5.10 Å². The van der Waals surface area contributed by atoms with Gasteiger partial charge in [-0.25, -0.2) is 0 Å². The highest BCUT2D eigenvalue weighted by molar-refractivity contribution is 7.05. The van der Waals surface area contributed by atoms with Crippen molar-refractivity contribution in [2.24, 2.45) is 5.84 Å². The van der Waals surface area contributed by atoms with Gasteiger partial charge in [-0.1, -0.05) is 47.7 Å². The molecule has 1 unspecified atom stereocenters. The van der Waals surface area contributed by atoms with E-state index in [1.54, 1.807) is 0 Å². The van der Waals surface area contributed by atoms with E-state index in [9.17, 15) is 0 Å². The lowest BCUT2D eigenvalue weighted by Gasteiger charge is -2.15. The van der Waals surface area contributed by atoms with Crippen LogP contribution in [0.3, 0.4) is 0 Å². The van der Waals surface area contributed by atoms with Crippen LogP contribution < -0.4 is 11.3 Å². The second kappa shape index (κ2) is 6.75. The predicted octanol–water partition coefficient (Wildman–Crippen LogP) is 2.55. The molecule has 0 amide bonds. The molecule has 19 heavy (non-hydrogen) atoms. The molecule has 0 aliphatic carbocycles. The lowest BCUT2D eigenvalue weighted by atomic mass is 10.0. The summed E-state index contributed by atoms with van der Waals surface area (Å²) in [4.78, 5) is 1.16. The van der Waals surface area contributed by atoms with E-state index in [0.29, 0.717) is 0 Å². The molecular formula is C14H20N4S. The molecule has 1 aromatic heterocycles. The van der Waals surface area contributed by atoms with E-state index in [0.717, 1.165) is 29.8 Å². The maximum atomic E-state index is 5.71. The highest BCUT2D eigenvalue weighted by Gasteiger charge is 2.18. The van der Waals surface area contributed by atoms with Crippen LogP contribution >= 0.6 is 11.5 Å². The Bertz CT molecular complexity index is 506. The molecule has 0 saturated carbocycles. The van der Waals surface area contributed by atoms with E-state index < -0.39 is 0 Å². The van der Waals surface area contributed by atoms with Gasteiger partial charge in [0.05, 0.1) is 16.6 Å². The molecule has 4 nitrogen and oxygen atoms in total. The molecule has 3 N–H and O–H groups in total. The quantitative estimate of drug-likeness (QED) is 0.628. The van der Waals surface area contributed by atoms with Gasteiger partial charge in [0.2, 0.25) is 0 Å². The van der Waals surface area contributed by atoms with Crippen LogP contribution in [0.15, 0.2) is 24.3 Å². The summed E-state index contributed by atoms with van der Waals surface area (Å²) in [5.74, 6) is 5.71. The molecule has 0 fully saturated rings. The van der Waals surface area contributed by atoms with E-state index >= 15 is 0 Å². The Morgan fingerprint density at radius 2 is 2.05 bits per heavy atom. The topological polar surface area (TPSA) is 63.8 Å². The van der Waals surface area contributed by atoms with E-state index in [1.165, 1.54) is 22.7 Å². The van der Waals surface area contributed by atoms with Gasteiger partial charge >= 0.3 is 0 Å². The normalized spacial score (nSPS) is 12.6. The first-order valence-electron chi connectivity index (χ1n) is 6.57. The van der Waals surface area contributed by atoms with Gasteiger partial charge < -0.3 is 0 Å². The SMILES string of the molecule is CCCc1nnsc1C(Cc1ccc(C)cc1)NN. The third-order valence-corrected chi connectivity index (χ3v) is 4.03. The number of benzene rings is 1. The van der Waals surface area contributed by atoms with Crippen molar-refractivity contribution in [2.45, 2.75) is 39.2 Å². The van der Waals surface area contributed by atoms with Gasteiger partial charge in [0.25, 0.3) is 0 Å². The molecule has 0 bridgehead atoms. The van der Waals surface area contributed by atoms with Gasteiger partial charge in [-0.05, 0) is 36.9 Å². The van der Waals surface area contributed by atoms with Gasteiger partial charge in [-0.3, -0.25) is 11.3 Å². The largest absolute Gasteiger partial charge is 0.271 e.